The molecule has 21 heavy (non-hydrogen) atoms. The van der Waals surface area contributed by atoms with Crippen LogP contribution < -0.4 is 14.8 Å². The van der Waals surface area contributed by atoms with Gasteiger partial charge < -0.3 is 14.8 Å². The summed E-state index contributed by atoms with van der Waals surface area (Å²) in [6, 6.07) is 16.5. The fraction of sp³-hybridized carbons (Fsp3) is 0.333. The topological polar surface area (TPSA) is 30.5 Å². The number of benzene rings is 2. The molecular weight excluding hydrogens is 262 g/mol. The van der Waals surface area contributed by atoms with E-state index in [-0.39, 0.29) is 0 Å². The molecule has 3 heteroatoms. The molecule has 1 aliphatic rings. The summed E-state index contributed by atoms with van der Waals surface area (Å²) in [5.74, 6) is 2.20. The van der Waals surface area contributed by atoms with Gasteiger partial charge in [0.1, 0.15) is 6.61 Å². The van der Waals surface area contributed by atoms with Crippen molar-refractivity contribution in [1.82, 2.24) is 5.32 Å². The summed E-state index contributed by atoms with van der Waals surface area (Å²) in [4.78, 5) is 0. The van der Waals surface area contributed by atoms with Gasteiger partial charge in [0.05, 0.1) is 7.11 Å². The molecule has 0 saturated carbocycles. The second kappa shape index (κ2) is 6.64. The summed E-state index contributed by atoms with van der Waals surface area (Å²) >= 11 is 0. The molecule has 0 amide bonds. The summed E-state index contributed by atoms with van der Waals surface area (Å²) < 4.78 is 11.4. The van der Waals surface area contributed by atoms with Crippen LogP contribution in [-0.2, 0) is 6.61 Å². The van der Waals surface area contributed by atoms with Gasteiger partial charge in [-0.05, 0) is 42.1 Å². The molecule has 0 spiro atoms. The quantitative estimate of drug-likeness (QED) is 0.913. The Kier molecular flexibility index (Phi) is 4.41. The first-order chi connectivity index (χ1) is 10.4. The average Bonchev–Trinajstić information content (AvgIpc) is 3.08. The molecule has 1 N–H and O–H groups in total. The summed E-state index contributed by atoms with van der Waals surface area (Å²) in [6.07, 6.45) is 1.19. The third kappa shape index (κ3) is 3.37. The average molecular weight is 283 g/mol. The normalized spacial score (nSPS) is 17.7. The van der Waals surface area contributed by atoms with Gasteiger partial charge in [0.25, 0.3) is 0 Å². The number of ether oxygens (including phenoxy) is 2. The predicted molar refractivity (Wildman–Crippen MR) is 84.0 cm³/mol. The zero-order valence-corrected chi connectivity index (χ0v) is 12.3. The number of rotatable bonds is 5. The fourth-order valence-corrected chi connectivity index (χ4v) is 2.73. The molecule has 0 aliphatic carbocycles. The minimum atomic E-state index is 0.557. The van der Waals surface area contributed by atoms with Gasteiger partial charge in [0.15, 0.2) is 11.5 Å². The smallest absolute Gasteiger partial charge is 0.161 e. The highest BCUT2D eigenvalue weighted by Crippen LogP contribution is 2.33. The number of nitrogens with one attached hydrogen (secondary N) is 1. The molecule has 0 radical (unpaired) electrons. The highest BCUT2D eigenvalue weighted by Gasteiger charge is 2.18. The van der Waals surface area contributed by atoms with E-state index in [2.05, 4.69) is 29.6 Å². The maximum absolute atomic E-state index is 5.89. The SMILES string of the molecule is COc1cc(C2CCNC2)ccc1OCc1ccccc1. The Morgan fingerprint density at radius 3 is 2.67 bits per heavy atom. The van der Waals surface area contributed by atoms with Crippen LogP contribution in [0.5, 0.6) is 11.5 Å². The van der Waals surface area contributed by atoms with Gasteiger partial charge >= 0.3 is 0 Å². The molecule has 1 saturated heterocycles. The Morgan fingerprint density at radius 1 is 1.10 bits per heavy atom. The van der Waals surface area contributed by atoms with Gasteiger partial charge in [-0.15, -0.1) is 0 Å². The predicted octanol–water partition coefficient (Wildman–Crippen LogP) is 3.35. The second-order valence-corrected chi connectivity index (χ2v) is 5.37. The summed E-state index contributed by atoms with van der Waals surface area (Å²) in [6.45, 7) is 2.70. The Morgan fingerprint density at radius 2 is 1.95 bits per heavy atom. The maximum atomic E-state index is 5.89. The lowest BCUT2D eigenvalue weighted by molar-refractivity contribution is 0.284. The van der Waals surface area contributed by atoms with Gasteiger partial charge in [-0.1, -0.05) is 36.4 Å². The van der Waals surface area contributed by atoms with E-state index in [4.69, 9.17) is 9.47 Å². The molecular formula is C18H21NO2. The molecule has 110 valence electrons. The van der Waals surface area contributed by atoms with Crippen molar-refractivity contribution >= 4 is 0 Å². The van der Waals surface area contributed by atoms with Crippen LogP contribution in [0.15, 0.2) is 48.5 Å². The first kappa shape index (κ1) is 14.0. The molecule has 0 aromatic heterocycles. The van der Waals surface area contributed by atoms with Crippen LogP contribution in [0.1, 0.15) is 23.5 Å². The van der Waals surface area contributed by atoms with Gasteiger partial charge in [-0.2, -0.15) is 0 Å². The Labute approximate surface area is 125 Å². The minimum Gasteiger partial charge on any atom is -0.493 e. The highest BCUT2D eigenvalue weighted by atomic mass is 16.5. The molecule has 3 rings (SSSR count). The number of hydrogen-bond donors (Lipinski definition) is 1. The monoisotopic (exact) mass is 283 g/mol. The van der Waals surface area contributed by atoms with Crippen LogP contribution in [-0.4, -0.2) is 20.2 Å². The van der Waals surface area contributed by atoms with Crippen molar-refractivity contribution in [3.63, 3.8) is 0 Å². The zero-order chi connectivity index (χ0) is 14.5. The molecule has 1 fully saturated rings. The van der Waals surface area contributed by atoms with Crippen LogP contribution in [0.2, 0.25) is 0 Å². The maximum Gasteiger partial charge on any atom is 0.161 e. The van der Waals surface area contributed by atoms with Gasteiger partial charge in [-0.3, -0.25) is 0 Å². The van der Waals surface area contributed by atoms with E-state index in [9.17, 15) is 0 Å². The molecule has 1 unspecified atom stereocenters. The van der Waals surface area contributed by atoms with E-state index < -0.39 is 0 Å². The standard InChI is InChI=1S/C18H21NO2/c1-20-18-11-15(16-9-10-19-12-16)7-8-17(18)21-13-14-5-3-2-4-6-14/h2-8,11,16,19H,9-10,12-13H2,1H3. The lowest BCUT2D eigenvalue weighted by atomic mass is 9.98. The molecule has 1 heterocycles. The largest absolute Gasteiger partial charge is 0.493 e. The lowest BCUT2D eigenvalue weighted by Crippen LogP contribution is -2.08. The van der Waals surface area contributed by atoms with E-state index in [1.165, 1.54) is 12.0 Å². The third-order valence-corrected chi connectivity index (χ3v) is 3.96. The van der Waals surface area contributed by atoms with Crippen LogP contribution >= 0.6 is 0 Å². The number of methoxy groups -OCH3 is 1. The minimum absolute atomic E-state index is 0.557. The van der Waals surface area contributed by atoms with E-state index >= 15 is 0 Å². The van der Waals surface area contributed by atoms with Crippen LogP contribution in [0.4, 0.5) is 0 Å². The fourth-order valence-electron chi connectivity index (χ4n) is 2.73. The lowest BCUT2D eigenvalue weighted by Gasteiger charge is -2.15. The van der Waals surface area contributed by atoms with Crippen molar-refractivity contribution in [2.75, 3.05) is 20.2 Å². The van der Waals surface area contributed by atoms with E-state index in [0.29, 0.717) is 12.5 Å². The Hall–Kier alpha value is -2.00. The molecule has 1 aliphatic heterocycles. The summed E-state index contributed by atoms with van der Waals surface area (Å²) in [5, 5.41) is 3.40. The number of hydrogen-bond acceptors (Lipinski definition) is 3. The first-order valence-corrected chi connectivity index (χ1v) is 7.42. The Bertz CT molecular complexity index is 577. The summed E-state index contributed by atoms with van der Waals surface area (Å²) in [7, 11) is 1.70. The molecule has 1 atom stereocenters. The van der Waals surface area contributed by atoms with Crippen molar-refractivity contribution < 1.29 is 9.47 Å². The zero-order valence-electron chi connectivity index (χ0n) is 12.3. The molecule has 2 aromatic carbocycles. The van der Waals surface area contributed by atoms with Crippen molar-refractivity contribution in [2.24, 2.45) is 0 Å². The first-order valence-electron chi connectivity index (χ1n) is 7.42. The van der Waals surface area contributed by atoms with Gasteiger partial charge in [0.2, 0.25) is 0 Å². The van der Waals surface area contributed by atoms with Crippen LogP contribution in [0.3, 0.4) is 0 Å². The van der Waals surface area contributed by atoms with E-state index in [0.717, 1.165) is 30.2 Å². The van der Waals surface area contributed by atoms with Crippen molar-refractivity contribution in [1.29, 1.82) is 0 Å². The van der Waals surface area contributed by atoms with Gasteiger partial charge in [-0.25, -0.2) is 0 Å². The van der Waals surface area contributed by atoms with E-state index in [1.807, 2.05) is 24.3 Å². The van der Waals surface area contributed by atoms with E-state index in [1.54, 1.807) is 7.11 Å². The van der Waals surface area contributed by atoms with Gasteiger partial charge in [0, 0.05) is 6.54 Å². The second-order valence-electron chi connectivity index (χ2n) is 5.37. The van der Waals surface area contributed by atoms with Crippen molar-refractivity contribution in [2.45, 2.75) is 18.9 Å². The highest BCUT2D eigenvalue weighted by molar-refractivity contribution is 5.44. The third-order valence-electron chi connectivity index (χ3n) is 3.96. The molecule has 2 aromatic rings. The molecule has 3 nitrogen and oxygen atoms in total. The Balaban J connectivity index is 1.72. The van der Waals surface area contributed by atoms with Crippen molar-refractivity contribution in [3.8, 4) is 11.5 Å². The molecule has 0 bridgehead atoms. The van der Waals surface area contributed by atoms with Crippen LogP contribution in [0.25, 0.3) is 0 Å². The van der Waals surface area contributed by atoms with Crippen molar-refractivity contribution in [3.05, 3.63) is 59.7 Å². The van der Waals surface area contributed by atoms with Crippen LogP contribution in [0, 0.1) is 0 Å². The summed E-state index contributed by atoms with van der Waals surface area (Å²) in [5.41, 5.74) is 2.48.